The van der Waals surface area contributed by atoms with E-state index < -0.39 is 17.9 Å². The molecule has 0 aromatic heterocycles. The van der Waals surface area contributed by atoms with Gasteiger partial charge in [-0.1, -0.05) is 12.6 Å². The average molecular weight is 216 g/mol. The molecule has 0 radical (unpaired) electrons. The molecule has 80 valence electrons. The fourth-order valence-corrected chi connectivity index (χ4v) is 1.71. The van der Waals surface area contributed by atoms with Gasteiger partial charge in [0.2, 0.25) is 0 Å². The molecule has 1 aromatic rings. The average Bonchev–Trinajstić information content (AvgIpc) is 2.41. The lowest BCUT2D eigenvalue weighted by molar-refractivity contribution is -0.137. The maximum absolute atomic E-state index is 13.2. The molecule has 0 spiro atoms. The van der Waals surface area contributed by atoms with Crippen molar-refractivity contribution in [3.05, 3.63) is 41.5 Å². The first-order valence-corrected chi connectivity index (χ1v) is 4.43. The maximum atomic E-state index is 13.2. The van der Waals surface area contributed by atoms with Crippen LogP contribution in [0.2, 0.25) is 0 Å². The van der Waals surface area contributed by atoms with Crippen molar-refractivity contribution in [2.75, 3.05) is 0 Å². The summed E-state index contributed by atoms with van der Waals surface area (Å²) in [6.07, 6.45) is -5.50. The maximum Gasteiger partial charge on any atom is 0.416 e. The number of hydrogen-bond donors (Lipinski definition) is 0. The summed E-state index contributed by atoms with van der Waals surface area (Å²) in [5.41, 5.74) is 0.297. The highest BCUT2D eigenvalue weighted by atomic mass is 19.4. The molecular weight excluding hydrogens is 208 g/mol. The van der Waals surface area contributed by atoms with E-state index in [1.165, 1.54) is 6.07 Å². The Morgan fingerprint density at radius 1 is 1.27 bits per heavy atom. The van der Waals surface area contributed by atoms with E-state index in [1.54, 1.807) is 0 Å². The van der Waals surface area contributed by atoms with Gasteiger partial charge in [0.1, 0.15) is 6.17 Å². The van der Waals surface area contributed by atoms with Gasteiger partial charge in [-0.15, -0.1) is 0 Å². The molecule has 1 aromatic carbocycles. The Morgan fingerprint density at radius 2 is 1.93 bits per heavy atom. The van der Waals surface area contributed by atoms with Crippen molar-refractivity contribution in [2.24, 2.45) is 0 Å². The molecule has 1 atom stereocenters. The third-order valence-electron chi connectivity index (χ3n) is 2.56. The third-order valence-corrected chi connectivity index (χ3v) is 2.56. The molecule has 1 unspecified atom stereocenters. The number of fused-ring (bicyclic) bond motifs is 1. The van der Waals surface area contributed by atoms with Crippen molar-refractivity contribution in [3.8, 4) is 0 Å². The van der Waals surface area contributed by atoms with E-state index >= 15 is 0 Å². The van der Waals surface area contributed by atoms with Gasteiger partial charge < -0.3 is 0 Å². The molecule has 0 bridgehead atoms. The number of alkyl halides is 4. The van der Waals surface area contributed by atoms with E-state index in [0.717, 1.165) is 12.1 Å². The first-order valence-electron chi connectivity index (χ1n) is 4.43. The number of halogens is 4. The molecule has 0 nitrogen and oxygen atoms in total. The first kappa shape index (κ1) is 10.2. The lowest BCUT2D eigenvalue weighted by atomic mass is 10.0. The fraction of sp³-hybridized carbons (Fsp3) is 0.273. The van der Waals surface area contributed by atoms with Gasteiger partial charge in [0.15, 0.2) is 0 Å². The van der Waals surface area contributed by atoms with E-state index in [9.17, 15) is 17.6 Å². The normalized spacial score (nSPS) is 20.5. The molecule has 1 aliphatic carbocycles. The van der Waals surface area contributed by atoms with Crippen LogP contribution in [0.15, 0.2) is 24.8 Å². The molecule has 0 fully saturated rings. The molecule has 0 saturated heterocycles. The standard InChI is InChI=1S/C11H8F4/c1-6-9-5-8(11(13,14)15)3-2-7(9)4-10(6)12/h2-3,5,10H,1,4H2. The highest BCUT2D eigenvalue weighted by Gasteiger charge is 2.33. The van der Waals surface area contributed by atoms with Crippen LogP contribution in [0, 0.1) is 0 Å². The van der Waals surface area contributed by atoms with Gasteiger partial charge in [-0.25, -0.2) is 4.39 Å². The predicted octanol–water partition coefficient (Wildman–Crippen LogP) is 3.61. The summed E-state index contributed by atoms with van der Waals surface area (Å²) >= 11 is 0. The van der Waals surface area contributed by atoms with Crippen LogP contribution in [0.4, 0.5) is 17.6 Å². The molecular formula is C11H8F4. The van der Waals surface area contributed by atoms with Crippen LogP contribution in [0.5, 0.6) is 0 Å². The second kappa shape index (κ2) is 3.08. The minimum absolute atomic E-state index is 0.131. The van der Waals surface area contributed by atoms with Crippen molar-refractivity contribution in [1.29, 1.82) is 0 Å². The quantitative estimate of drug-likeness (QED) is 0.581. The molecule has 0 N–H and O–H groups in total. The van der Waals surface area contributed by atoms with Gasteiger partial charge in [-0.3, -0.25) is 0 Å². The third kappa shape index (κ3) is 1.64. The van der Waals surface area contributed by atoms with Crippen LogP contribution < -0.4 is 0 Å². The molecule has 1 aliphatic rings. The lowest BCUT2D eigenvalue weighted by Crippen LogP contribution is -2.05. The predicted molar refractivity (Wildman–Crippen MR) is 49.1 cm³/mol. The van der Waals surface area contributed by atoms with Gasteiger partial charge in [0.05, 0.1) is 5.56 Å². The van der Waals surface area contributed by atoms with Crippen LogP contribution in [0.1, 0.15) is 16.7 Å². The van der Waals surface area contributed by atoms with E-state index in [1.807, 2.05) is 0 Å². The Balaban J connectivity index is 2.49. The SMILES string of the molecule is C=C1c2cc(C(F)(F)F)ccc2CC1F. The summed E-state index contributed by atoms with van der Waals surface area (Å²) in [5.74, 6) is 0. The Morgan fingerprint density at radius 3 is 2.53 bits per heavy atom. The molecule has 2 rings (SSSR count). The topological polar surface area (TPSA) is 0 Å². The van der Waals surface area contributed by atoms with Crippen molar-refractivity contribution >= 4 is 5.57 Å². The van der Waals surface area contributed by atoms with Crippen molar-refractivity contribution in [2.45, 2.75) is 18.8 Å². The molecule has 0 amide bonds. The highest BCUT2D eigenvalue weighted by Crippen LogP contribution is 2.37. The molecule has 0 heterocycles. The van der Waals surface area contributed by atoms with Crippen LogP contribution in [-0.2, 0) is 12.6 Å². The van der Waals surface area contributed by atoms with Gasteiger partial charge in [0.25, 0.3) is 0 Å². The summed E-state index contributed by atoms with van der Waals surface area (Å²) in [4.78, 5) is 0. The Hall–Kier alpha value is -1.32. The summed E-state index contributed by atoms with van der Waals surface area (Å²) in [5, 5.41) is 0. The van der Waals surface area contributed by atoms with Gasteiger partial charge >= 0.3 is 6.18 Å². The van der Waals surface area contributed by atoms with E-state index in [2.05, 4.69) is 6.58 Å². The summed E-state index contributed by atoms with van der Waals surface area (Å²) < 4.78 is 50.2. The molecule has 0 saturated carbocycles. The van der Waals surface area contributed by atoms with Crippen LogP contribution in [-0.4, -0.2) is 6.17 Å². The van der Waals surface area contributed by atoms with Crippen molar-refractivity contribution < 1.29 is 17.6 Å². The summed E-state index contributed by atoms with van der Waals surface area (Å²) in [6, 6.07) is 3.27. The van der Waals surface area contributed by atoms with Gasteiger partial charge in [-0.05, 0) is 28.8 Å². The molecule has 0 aliphatic heterocycles. The van der Waals surface area contributed by atoms with Crippen LogP contribution >= 0.6 is 0 Å². The molecule has 4 heteroatoms. The number of hydrogen-bond acceptors (Lipinski definition) is 0. The van der Waals surface area contributed by atoms with Crippen LogP contribution in [0.25, 0.3) is 5.57 Å². The minimum atomic E-state index is -4.39. The Bertz CT molecular complexity index is 417. The second-order valence-electron chi connectivity index (χ2n) is 3.57. The zero-order valence-electron chi connectivity index (χ0n) is 7.74. The number of rotatable bonds is 0. The Kier molecular flexibility index (Phi) is 2.10. The minimum Gasteiger partial charge on any atom is -0.242 e. The van der Waals surface area contributed by atoms with Crippen LogP contribution in [0.3, 0.4) is 0 Å². The van der Waals surface area contributed by atoms with Crippen molar-refractivity contribution in [1.82, 2.24) is 0 Å². The van der Waals surface area contributed by atoms with E-state index in [0.29, 0.717) is 11.1 Å². The highest BCUT2D eigenvalue weighted by molar-refractivity contribution is 5.74. The zero-order valence-corrected chi connectivity index (χ0v) is 7.74. The van der Waals surface area contributed by atoms with E-state index in [-0.39, 0.29) is 12.0 Å². The van der Waals surface area contributed by atoms with E-state index in [4.69, 9.17) is 0 Å². The zero-order chi connectivity index (χ0) is 11.2. The first-order chi connectivity index (χ1) is 6.89. The second-order valence-corrected chi connectivity index (χ2v) is 3.57. The number of benzene rings is 1. The Labute approximate surface area is 84.2 Å². The van der Waals surface area contributed by atoms with Gasteiger partial charge in [0, 0.05) is 6.42 Å². The summed E-state index contributed by atoms with van der Waals surface area (Å²) in [7, 11) is 0. The van der Waals surface area contributed by atoms with Gasteiger partial charge in [-0.2, -0.15) is 13.2 Å². The lowest BCUT2D eigenvalue weighted by Gasteiger charge is -2.08. The fourth-order valence-electron chi connectivity index (χ4n) is 1.71. The largest absolute Gasteiger partial charge is 0.416 e. The van der Waals surface area contributed by atoms with Crippen molar-refractivity contribution in [3.63, 3.8) is 0 Å². The smallest absolute Gasteiger partial charge is 0.242 e. The summed E-state index contributed by atoms with van der Waals surface area (Å²) in [6.45, 7) is 3.46. The number of allylic oxidation sites excluding steroid dienone is 1. The molecule has 15 heavy (non-hydrogen) atoms. The monoisotopic (exact) mass is 216 g/mol.